The molecule has 0 unspecified atom stereocenters. The molecule has 0 saturated heterocycles. The van der Waals surface area contributed by atoms with Crippen molar-refractivity contribution in [3.8, 4) is 0 Å². The van der Waals surface area contributed by atoms with Gasteiger partial charge in [0.15, 0.2) is 0 Å². The highest BCUT2D eigenvalue weighted by Crippen LogP contribution is 2.23. The van der Waals surface area contributed by atoms with Crippen molar-refractivity contribution in [2.75, 3.05) is 11.1 Å². The molecule has 0 spiro atoms. The van der Waals surface area contributed by atoms with E-state index >= 15 is 0 Å². The summed E-state index contributed by atoms with van der Waals surface area (Å²) in [6, 6.07) is 9.30. The Morgan fingerprint density at radius 1 is 1.14 bits per heavy atom. The van der Waals surface area contributed by atoms with Gasteiger partial charge in [-0.3, -0.25) is 9.78 Å². The Morgan fingerprint density at radius 3 is 2.67 bits per heavy atom. The monoisotopic (exact) mass is 278 g/mol. The Morgan fingerprint density at radius 2 is 1.90 bits per heavy atom. The van der Waals surface area contributed by atoms with Crippen LogP contribution in [0.1, 0.15) is 15.9 Å². The van der Waals surface area contributed by atoms with Crippen LogP contribution in [0.25, 0.3) is 10.8 Å². The van der Waals surface area contributed by atoms with Crippen LogP contribution in [-0.2, 0) is 0 Å². The minimum Gasteiger partial charge on any atom is -0.383 e. The van der Waals surface area contributed by atoms with Crippen LogP contribution in [0.5, 0.6) is 0 Å². The first-order valence-corrected chi connectivity index (χ1v) is 6.51. The molecule has 104 valence electrons. The minimum atomic E-state index is -0.230. The summed E-state index contributed by atoms with van der Waals surface area (Å²) in [7, 11) is 0. The van der Waals surface area contributed by atoms with Crippen molar-refractivity contribution >= 4 is 28.2 Å². The van der Waals surface area contributed by atoms with E-state index in [2.05, 4.69) is 15.3 Å². The number of hydrogen-bond donors (Lipinski definition) is 2. The van der Waals surface area contributed by atoms with Crippen LogP contribution in [0.3, 0.4) is 0 Å². The average molecular weight is 278 g/mol. The Bertz CT molecular complexity index is 829. The molecule has 0 radical (unpaired) electrons. The molecule has 0 aliphatic heterocycles. The molecule has 2 heterocycles. The third kappa shape index (κ3) is 2.53. The van der Waals surface area contributed by atoms with E-state index in [-0.39, 0.29) is 5.91 Å². The number of aromatic nitrogens is 2. The van der Waals surface area contributed by atoms with Crippen LogP contribution in [-0.4, -0.2) is 15.9 Å². The molecule has 5 nitrogen and oxygen atoms in total. The molecule has 1 aromatic carbocycles. The maximum absolute atomic E-state index is 12.4. The van der Waals surface area contributed by atoms with Crippen molar-refractivity contribution in [1.29, 1.82) is 0 Å². The smallest absolute Gasteiger partial charge is 0.257 e. The van der Waals surface area contributed by atoms with Crippen molar-refractivity contribution in [1.82, 2.24) is 9.97 Å². The second kappa shape index (κ2) is 5.20. The van der Waals surface area contributed by atoms with Crippen molar-refractivity contribution in [2.24, 2.45) is 0 Å². The fraction of sp³-hybridized carbons (Fsp3) is 0.0625. The van der Waals surface area contributed by atoms with Crippen LogP contribution in [0, 0.1) is 6.92 Å². The Balaban J connectivity index is 2.01. The number of rotatable bonds is 2. The molecule has 1 amide bonds. The molecule has 5 heteroatoms. The Kier molecular flexibility index (Phi) is 3.23. The number of nitrogen functional groups attached to an aromatic ring is 1. The highest BCUT2D eigenvalue weighted by Gasteiger charge is 2.12. The number of anilines is 2. The first-order valence-electron chi connectivity index (χ1n) is 6.51. The largest absolute Gasteiger partial charge is 0.383 e. The highest BCUT2D eigenvalue weighted by molar-refractivity contribution is 6.14. The zero-order valence-corrected chi connectivity index (χ0v) is 11.5. The number of amides is 1. The van der Waals surface area contributed by atoms with Gasteiger partial charge in [-0.05, 0) is 23.9 Å². The fourth-order valence-electron chi connectivity index (χ4n) is 2.22. The van der Waals surface area contributed by atoms with Gasteiger partial charge < -0.3 is 11.1 Å². The van der Waals surface area contributed by atoms with E-state index in [0.29, 0.717) is 17.1 Å². The predicted molar refractivity (Wildman–Crippen MR) is 83.1 cm³/mol. The summed E-state index contributed by atoms with van der Waals surface area (Å²) >= 11 is 0. The van der Waals surface area contributed by atoms with Crippen LogP contribution in [0.2, 0.25) is 0 Å². The highest BCUT2D eigenvalue weighted by atomic mass is 16.1. The minimum absolute atomic E-state index is 0.230. The maximum Gasteiger partial charge on any atom is 0.257 e. The Labute approximate surface area is 121 Å². The molecule has 3 rings (SSSR count). The van der Waals surface area contributed by atoms with Gasteiger partial charge in [0.25, 0.3) is 5.91 Å². The molecule has 2 aromatic heterocycles. The second-order valence-electron chi connectivity index (χ2n) is 4.81. The molecule has 0 aliphatic carbocycles. The number of carbonyl (C=O) groups is 1. The quantitative estimate of drug-likeness (QED) is 0.755. The van der Waals surface area contributed by atoms with Crippen molar-refractivity contribution in [3.05, 3.63) is 60.0 Å². The summed E-state index contributed by atoms with van der Waals surface area (Å²) in [5.74, 6) is 0.186. The van der Waals surface area contributed by atoms with Gasteiger partial charge in [-0.1, -0.05) is 24.3 Å². The normalized spacial score (nSPS) is 10.5. The SMILES string of the molecule is Cc1cncc(NC(=O)c2cnc(N)c3ccccc23)c1. The number of hydrogen-bond acceptors (Lipinski definition) is 4. The molecule has 21 heavy (non-hydrogen) atoms. The number of nitrogens with two attached hydrogens (primary N) is 1. The number of benzene rings is 1. The molecule has 3 aromatic rings. The number of nitrogens with one attached hydrogen (secondary N) is 1. The molecule has 0 bridgehead atoms. The Hall–Kier alpha value is -2.95. The third-order valence-electron chi connectivity index (χ3n) is 3.20. The lowest BCUT2D eigenvalue weighted by molar-refractivity contribution is 0.102. The average Bonchev–Trinajstić information content (AvgIpc) is 2.48. The van der Waals surface area contributed by atoms with E-state index in [1.54, 1.807) is 12.4 Å². The standard InChI is InChI=1S/C16H14N4O/c1-10-6-11(8-18-7-10)20-16(21)14-9-19-15(17)13-5-3-2-4-12(13)14/h2-9H,1H3,(H2,17,19)(H,20,21). The summed E-state index contributed by atoms with van der Waals surface area (Å²) in [6.45, 7) is 1.92. The van der Waals surface area contributed by atoms with Crippen molar-refractivity contribution in [3.63, 3.8) is 0 Å². The third-order valence-corrected chi connectivity index (χ3v) is 3.20. The van der Waals surface area contributed by atoms with Gasteiger partial charge >= 0.3 is 0 Å². The zero-order chi connectivity index (χ0) is 14.8. The number of aryl methyl sites for hydroxylation is 1. The van der Waals surface area contributed by atoms with Gasteiger partial charge in [0.1, 0.15) is 5.82 Å². The number of pyridine rings is 2. The van der Waals surface area contributed by atoms with Crippen LogP contribution in [0.15, 0.2) is 48.9 Å². The van der Waals surface area contributed by atoms with E-state index in [1.807, 2.05) is 37.3 Å². The molecule has 0 fully saturated rings. The van der Waals surface area contributed by atoms with Gasteiger partial charge in [-0.15, -0.1) is 0 Å². The van der Waals surface area contributed by atoms with Gasteiger partial charge in [-0.2, -0.15) is 0 Å². The summed E-state index contributed by atoms with van der Waals surface area (Å²) in [6.07, 6.45) is 4.84. The van der Waals surface area contributed by atoms with Crippen molar-refractivity contribution in [2.45, 2.75) is 6.92 Å². The van der Waals surface area contributed by atoms with Gasteiger partial charge in [-0.25, -0.2) is 4.98 Å². The lowest BCUT2D eigenvalue weighted by atomic mass is 10.1. The number of fused-ring (bicyclic) bond motifs is 1. The molecular weight excluding hydrogens is 264 g/mol. The van der Waals surface area contributed by atoms with E-state index in [9.17, 15) is 4.79 Å². The topological polar surface area (TPSA) is 80.9 Å². The summed E-state index contributed by atoms with van der Waals surface area (Å²) in [4.78, 5) is 20.6. The first kappa shape index (κ1) is 13.1. The van der Waals surface area contributed by atoms with Crippen LogP contribution >= 0.6 is 0 Å². The molecule has 3 N–H and O–H groups in total. The lowest BCUT2D eigenvalue weighted by Gasteiger charge is -2.09. The van der Waals surface area contributed by atoms with Crippen molar-refractivity contribution < 1.29 is 4.79 Å². The molecular formula is C16H14N4O. The zero-order valence-electron chi connectivity index (χ0n) is 11.5. The fourth-order valence-corrected chi connectivity index (χ4v) is 2.22. The molecule has 0 atom stereocenters. The second-order valence-corrected chi connectivity index (χ2v) is 4.81. The van der Waals surface area contributed by atoms with Gasteiger partial charge in [0.05, 0.1) is 17.4 Å². The maximum atomic E-state index is 12.4. The summed E-state index contributed by atoms with van der Waals surface area (Å²) < 4.78 is 0. The van der Waals surface area contributed by atoms with E-state index in [4.69, 9.17) is 5.73 Å². The van der Waals surface area contributed by atoms with E-state index in [0.717, 1.165) is 16.3 Å². The van der Waals surface area contributed by atoms with Gasteiger partial charge in [0.2, 0.25) is 0 Å². The number of nitrogens with zero attached hydrogens (tertiary/aromatic N) is 2. The molecule has 0 saturated carbocycles. The van der Waals surface area contributed by atoms with Crippen LogP contribution < -0.4 is 11.1 Å². The lowest BCUT2D eigenvalue weighted by Crippen LogP contribution is -2.13. The predicted octanol–water partition coefficient (Wildman–Crippen LogP) is 2.77. The summed E-state index contributed by atoms with van der Waals surface area (Å²) in [5.41, 5.74) is 7.97. The van der Waals surface area contributed by atoms with Gasteiger partial charge in [0, 0.05) is 17.8 Å². The summed E-state index contributed by atoms with van der Waals surface area (Å²) in [5, 5.41) is 4.38. The first-order chi connectivity index (χ1) is 10.1. The van der Waals surface area contributed by atoms with E-state index < -0.39 is 0 Å². The van der Waals surface area contributed by atoms with Crippen LogP contribution in [0.4, 0.5) is 11.5 Å². The number of carbonyl (C=O) groups excluding carboxylic acids is 1. The van der Waals surface area contributed by atoms with E-state index in [1.165, 1.54) is 6.20 Å². The molecule has 0 aliphatic rings.